The van der Waals surface area contributed by atoms with Crippen LogP contribution in [0.3, 0.4) is 0 Å². The summed E-state index contributed by atoms with van der Waals surface area (Å²) in [7, 11) is 1.61. The molecule has 2 aromatic heterocycles. The highest BCUT2D eigenvalue weighted by molar-refractivity contribution is 14.1. The summed E-state index contributed by atoms with van der Waals surface area (Å²) in [5, 5.41) is 2.79. The number of carbonyl (C=O) groups excluding carboxylic acids is 1. The Kier molecular flexibility index (Phi) is 4.37. The van der Waals surface area contributed by atoms with Gasteiger partial charge in [-0.3, -0.25) is 4.79 Å². The van der Waals surface area contributed by atoms with E-state index >= 15 is 0 Å². The summed E-state index contributed by atoms with van der Waals surface area (Å²) in [6.07, 6.45) is 0. The molecule has 0 atom stereocenters. The van der Waals surface area contributed by atoms with Gasteiger partial charge in [-0.2, -0.15) is 0 Å². The number of hydrogen-bond donors (Lipinski definition) is 1. The van der Waals surface area contributed by atoms with Gasteiger partial charge < -0.3 is 18.9 Å². The zero-order chi connectivity index (χ0) is 18.1. The number of fused-ring (bicyclic) bond motifs is 1. The van der Waals surface area contributed by atoms with Crippen molar-refractivity contribution in [2.24, 2.45) is 0 Å². The molecule has 0 aliphatic rings. The Balaban J connectivity index is 1.62. The average molecular weight is 460 g/mol. The van der Waals surface area contributed by atoms with E-state index in [0.29, 0.717) is 26.4 Å². The van der Waals surface area contributed by atoms with Gasteiger partial charge in [0, 0.05) is 11.3 Å². The van der Waals surface area contributed by atoms with Crippen molar-refractivity contribution < 1.29 is 18.4 Å². The molecule has 1 amide bonds. The first kappa shape index (κ1) is 16.6. The van der Waals surface area contributed by atoms with Crippen LogP contribution in [0.4, 0.5) is 5.69 Å². The zero-order valence-corrected chi connectivity index (χ0v) is 15.8. The van der Waals surface area contributed by atoms with Crippen LogP contribution in [0.15, 0.2) is 63.4 Å². The number of halogens is 1. The van der Waals surface area contributed by atoms with Gasteiger partial charge in [0.1, 0.15) is 11.3 Å². The van der Waals surface area contributed by atoms with E-state index in [-0.39, 0.29) is 11.7 Å². The standard InChI is InChI=1S/C19H13IN2O4/c1-24-13-4-2-3-11(9-13)19-22-14-10-12(5-6-15(14)26-19)21-18(23)16-7-8-17(20)25-16/h2-10H,1H3,(H,21,23). The molecule has 130 valence electrons. The summed E-state index contributed by atoms with van der Waals surface area (Å²) in [4.78, 5) is 16.7. The monoisotopic (exact) mass is 460 g/mol. The molecule has 0 saturated heterocycles. The molecule has 6 nitrogen and oxygen atoms in total. The maximum atomic E-state index is 12.2. The fraction of sp³-hybridized carbons (Fsp3) is 0.0526. The highest BCUT2D eigenvalue weighted by atomic mass is 127. The van der Waals surface area contributed by atoms with Gasteiger partial charge in [-0.1, -0.05) is 6.07 Å². The second-order valence-electron chi connectivity index (χ2n) is 5.49. The summed E-state index contributed by atoms with van der Waals surface area (Å²) in [5.74, 6) is 1.16. The van der Waals surface area contributed by atoms with Crippen LogP contribution in [0.2, 0.25) is 0 Å². The van der Waals surface area contributed by atoms with Gasteiger partial charge in [0.15, 0.2) is 15.1 Å². The molecule has 7 heteroatoms. The van der Waals surface area contributed by atoms with Crippen LogP contribution in [0.5, 0.6) is 5.75 Å². The van der Waals surface area contributed by atoms with Crippen LogP contribution in [0.1, 0.15) is 10.6 Å². The second kappa shape index (κ2) is 6.83. The van der Waals surface area contributed by atoms with Gasteiger partial charge in [0.05, 0.1) is 7.11 Å². The van der Waals surface area contributed by atoms with Gasteiger partial charge in [-0.25, -0.2) is 4.98 Å². The van der Waals surface area contributed by atoms with E-state index in [1.807, 2.05) is 46.9 Å². The highest BCUT2D eigenvalue weighted by Crippen LogP contribution is 2.28. The Morgan fingerprint density at radius 2 is 2.00 bits per heavy atom. The Morgan fingerprint density at radius 3 is 2.77 bits per heavy atom. The molecule has 0 fully saturated rings. The molecule has 0 unspecified atom stereocenters. The number of oxazole rings is 1. The van der Waals surface area contributed by atoms with E-state index < -0.39 is 0 Å². The molecule has 2 aromatic carbocycles. The van der Waals surface area contributed by atoms with Crippen molar-refractivity contribution in [3.05, 3.63) is 64.1 Å². The zero-order valence-electron chi connectivity index (χ0n) is 13.7. The molecule has 26 heavy (non-hydrogen) atoms. The van der Waals surface area contributed by atoms with Crippen molar-refractivity contribution in [2.75, 3.05) is 12.4 Å². The molecule has 4 aromatic rings. The molecule has 0 radical (unpaired) electrons. The SMILES string of the molecule is COc1cccc(-c2nc3cc(NC(=O)c4ccc(I)o4)ccc3o2)c1. The van der Waals surface area contributed by atoms with E-state index in [1.54, 1.807) is 37.4 Å². The van der Waals surface area contributed by atoms with Gasteiger partial charge in [0.25, 0.3) is 5.91 Å². The maximum Gasteiger partial charge on any atom is 0.291 e. The van der Waals surface area contributed by atoms with Gasteiger partial charge in [0.2, 0.25) is 5.89 Å². The van der Waals surface area contributed by atoms with E-state index in [1.165, 1.54) is 0 Å². The Morgan fingerprint density at radius 1 is 1.12 bits per heavy atom. The molecule has 0 aliphatic heterocycles. The summed E-state index contributed by atoms with van der Waals surface area (Å²) in [6.45, 7) is 0. The van der Waals surface area contributed by atoms with Crippen LogP contribution < -0.4 is 10.1 Å². The predicted molar refractivity (Wildman–Crippen MR) is 105 cm³/mol. The number of amides is 1. The molecular formula is C19H13IN2O4. The summed E-state index contributed by atoms with van der Waals surface area (Å²) >= 11 is 2.01. The molecular weight excluding hydrogens is 447 g/mol. The number of carbonyl (C=O) groups is 1. The third-order valence-corrected chi connectivity index (χ3v) is 4.34. The number of aromatic nitrogens is 1. The van der Waals surface area contributed by atoms with E-state index in [2.05, 4.69) is 10.3 Å². The summed E-state index contributed by atoms with van der Waals surface area (Å²) in [5.41, 5.74) is 2.71. The largest absolute Gasteiger partial charge is 0.497 e. The molecule has 2 heterocycles. The number of methoxy groups -OCH3 is 1. The molecule has 0 spiro atoms. The highest BCUT2D eigenvalue weighted by Gasteiger charge is 2.13. The van der Waals surface area contributed by atoms with Crippen LogP contribution in [-0.2, 0) is 0 Å². The molecule has 0 saturated carbocycles. The number of nitrogens with one attached hydrogen (secondary N) is 1. The lowest BCUT2D eigenvalue weighted by atomic mass is 10.2. The number of furan rings is 1. The summed E-state index contributed by atoms with van der Waals surface area (Å²) in [6, 6.07) is 16.1. The first-order chi connectivity index (χ1) is 12.6. The number of ether oxygens (including phenoxy) is 1. The number of anilines is 1. The first-order valence-corrected chi connectivity index (χ1v) is 8.82. The number of benzene rings is 2. The van der Waals surface area contributed by atoms with Crippen molar-refractivity contribution in [1.82, 2.24) is 4.98 Å². The van der Waals surface area contributed by atoms with Crippen LogP contribution >= 0.6 is 22.6 Å². The summed E-state index contributed by atoms with van der Waals surface area (Å²) < 4.78 is 17.0. The van der Waals surface area contributed by atoms with Gasteiger partial charge in [-0.05, 0) is 71.1 Å². The third-order valence-electron chi connectivity index (χ3n) is 3.76. The van der Waals surface area contributed by atoms with E-state index in [9.17, 15) is 4.79 Å². The smallest absolute Gasteiger partial charge is 0.291 e. The minimum Gasteiger partial charge on any atom is -0.497 e. The fourth-order valence-corrected chi connectivity index (χ4v) is 2.93. The lowest BCUT2D eigenvalue weighted by Gasteiger charge is -2.02. The van der Waals surface area contributed by atoms with Crippen molar-refractivity contribution in [2.45, 2.75) is 0 Å². The number of nitrogens with zero attached hydrogens (tertiary/aromatic N) is 1. The lowest BCUT2D eigenvalue weighted by Crippen LogP contribution is -2.10. The Hall–Kier alpha value is -2.81. The first-order valence-electron chi connectivity index (χ1n) is 7.74. The fourth-order valence-electron chi connectivity index (χ4n) is 2.51. The normalized spacial score (nSPS) is 10.8. The van der Waals surface area contributed by atoms with E-state index in [4.69, 9.17) is 13.6 Å². The predicted octanol–water partition coefficient (Wildman–Crippen LogP) is 4.95. The van der Waals surface area contributed by atoms with Crippen molar-refractivity contribution >= 4 is 45.3 Å². The van der Waals surface area contributed by atoms with Crippen LogP contribution in [0, 0.1) is 3.77 Å². The molecule has 0 bridgehead atoms. The second-order valence-corrected chi connectivity index (χ2v) is 6.55. The van der Waals surface area contributed by atoms with Gasteiger partial charge >= 0.3 is 0 Å². The van der Waals surface area contributed by atoms with Crippen molar-refractivity contribution in [3.63, 3.8) is 0 Å². The molecule has 4 rings (SSSR count). The Labute approximate surface area is 162 Å². The lowest BCUT2D eigenvalue weighted by molar-refractivity contribution is 0.0995. The van der Waals surface area contributed by atoms with Crippen LogP contribution in [-0.4, -0.2) is 18.0 Å². The minimum absolute atomic E-state index is 0.256. The Bertz CT molecular complexity index is 1100. The van der Waals surface area contributed by atoms with Crippen molar-refractivity contribution in [1.29, 1.82) is 0 Å². The van der Waals surface area contributed by atoms with Gasteiger partial charge in [-0.15, -0.1) is 0 Å². The quantitative estimate of drug-likeness (QED) is 0.436. The third kappa shape index (κ3) is 3.30. The molecule has 1 N–H and O–H groups in total. The maximum absolute atomic E-state index is 12.2. The minimum atomic E-state index is -0.316. The van der Waals surface area contributed by atoms with E-state index in [0.717, 1.165) is 11.3 Å². The van der Waals surface area contributed by atoms with Crippen molar-refractivity contribution in [3.8, 4) is 17.2 Å². The number of rotatable bonds is 4. The average Bonchev–Trinajstić information content (AvgIpc) is 3.27. The number of hydrogen-bond acceptors (Lipinski definition) is 5. The topological polar surface area (TPSA) is 77.5 Å². The molecule has 0 aliphatic carbocycles. The van der Waals surface area contributed by atoms with Crippen LogP contribution in [0.25, 0.3) is 22.6 Å².